The molecule has 0 bridgehead atoms. The van der Waals surface area contributed by atoms with Gasteiger partial charge in [-0.05, 0) is 38.0 Å². The molecule has 1 aliphatic rings. The number of nitrogens with zero attached hydrogens (tertiary/aromatic N) is 1. The summed E-state index contributed by atoms with van der Waals surface area (Å²) in [6.45, 7) is 3.84. The van der Waals surface area contributed by atoms with Gasteiger partial charge in [-0.2, -0.15) is 0 Å². The summed E-state index contributed by atoms with van der Waals surface area (Å²) in [5.41, 5.74) is 8.78. The van der Waals surface area contributed by atoms with Crippen molar-refractivity contribution in [3.63, 3.8) is 0 Å². The molecule has 1 heterocycles. The first-order valence-corrected chi connectivity index (χ1v) is 7.90. The average Bonchev–Trinajstić information content (AvgIpc) is 2.25. The number of nitrogens with one attached hydrogen (secondary N) is 1. The van der Waals surface area contributed by atoms with Crippen molar-refractivity contribution < 1.29 is 13.2 Å². The standard InChI is InChI=1S/C12H20N3O3S/c1-9(2)14-15-7-6-10(4-5-11(13)16)8-12(15)19(3,17)18/h4,6-9,12,14H,5H2,1-3H3,(H2,13,16)/t12-/m0/s1. The maximum atomic E-state index is 11.8. The summed E-state index contributed by atoms with van der Waals surface area (Å²) < 4.78 is 23.6. The molecule has 1 radical (unpaired) electrons. The van der Waals surface area contributed by atoms with Crippen molar-refractivity contribution in [2.75, 3.05) is 6.26 Å². The Hall–Kier alpha value is -1.34. The minimum Gasteiger partial charge on any atom is -0.370 e. The molecule has 107 valence electrons. The first-order valence-electron chi connectivity index (χ1n) is 5.95. The summed E-state index contributed by atoms with van der Waals surface area (Å²) >= 11 is 0. The Bertz CT molecular complexity index is 494. The molecular weight excluding hydrogens is 266 g/mol. The Morgan fingerprint density at radius 3 is 2.68 bits per heavy atom. The zero-order chi connectivity index (χ0) is 14.6. The molecule has 3 N–H and O–H groups in total. The van der Waals surface area contributed by atoms with Crippen LogP contribution in [0.25, 0.3) is 0 Å². The lowest BCUT2D eigenvalue weighted by Gasteiger charge is -2.32. The number of hydrogen-bond donors (Lipinski definition) is 2. The van der Waals surface area contributed by atoms with Crippen molar-refractivity contribution >= 4 is 15.7 Å². The predicted molar refractivity (Wildman–Crippen MR) is 74.1 cm³/mol. The monoisotopic (exact) mass is 286 g/mol. The Labute approximate surface area is 114 Å². The normalized spacial score (nSPS) is 19.7. The molecule has 0 unspecified atom stereocenters. The minimum absolute atomic E-state index is 0.0876. The highest BCUT2D eigenvalue weighted by atomic mass is 32.2. The van der Waals surface area contributed by atoms with E-state index in [0.717, 1.165) is 0 Å². The van der Waals surface area contributed by atoms with Crippen molar-refractivity contribution in [2.24, 2.45) is 5.73 Å². The maximum Gasteiger partial charge on any atom is 0.218 e. The molecular formula is C12H20N3O3S. The van der Waals surface area contributed by atoms with Gasteiger partial charge in [0.2, 0.25) is 5.91 Å². The lowest BCUT2D eigenvalue weighted by Crippen LogP contribution is -2.48. The SMILES string of the molecule is CC(C)NN1C=CC([CH]CC(N)=O)=C[C@@H]1S(C)(=O)=O. The highest BCUT2D eigenvalue weighted by Crippen LogP contribution is 2.19. The molecule has 6 nitrogen and oxygen atoms in total. The van der Waals surface area contributed by atoms with Gasteiger partial charge in [-0.15, -0.1) is 0 Å². The van der Waals surface area contributed by atoms with Crippen molar-refractivity contribution in [3.8, 4) is 0 Å². The third-order valence-electron chi connectivity index (χ3n) is 2.42. The van der Waals surface area contributed by atoms with E-state index in [-0.39, 0.29) is 12.5 Å². The number of hydrazine groups is 1. The van der Waals surface area contributed by atoms with Crippen LogP contribution in [-0.4, -0.2) is 37.0 Å². The first-order chi connectivity index (χ1) is 8.70. The van der Waals surface area contributed by atoms with Crippen LogP contribution in [0.2, 0.25) is 0 Å². The summed E-state index contributed by atoms with van der Waals surface area (Å²) in [4.78, 5) is 10.7. The van der Waals surface area contributed by atoms with Crippen LogP contribution in [0.1, 0.15) is 20.3 Å². The number of allylic oxidation sites excluding steroid dienone is 2. The van der Waals surface area contributed by atoms with Crippen LogP contribution >= 0.6 is 0 Å². The molecule has 0 aromatic heterocycles. The van der Waals surface area contributed by atoms with E-state index in [2.05, 4.69) is 5.43 Å². The molecule has 0 saturated heterocycles. The third kappa shape index (κ3) is 5.04. The first kappa shape index (κ1) is 15.7. The molecule has 1 aliphatic heterocycles. The molecule has 0 saturated carbocycles. The zero-order valence-electron chi connectivity index (χ0n) is 11.3. The van der Waals surface area contributed by atoms with Crippen LogP contribution in [0.15, 0.2) is 23.9 Å². The van der Waals surface area contributed by atoms with E-state index in [0.29, 0.717) is 5.57 Å². The van der Waals surface area contributed by atoms with Gasteiger partial charge in [0, 0.05) is 24.9 Å². The summed E-state index contributed by atoms with van der Waals surface area (Å²) in [6.07, 6.45) is 7.86. The minimum atomic E-state index is -3.29. The number of hydrogen-bond acceptors (Lipinski definition) is 5. The van der Waals surface area contributed by atoms with Crippen molar-refractivity contribution in [3.05, 3.63) is 30.3 Å². The summed E-state index contributed by atoms with van der Waals surface area (Å²) in [5.74, 6) is -0.451. The van der Waals surface area contributed by atoms with Gasteiger partial charge in [-0.1, -0.05) is 0 Å². The Morgan fingerprint density at radius 1 is 1.58 bits per heavy atom. The maximum absolute atomic E-state index is 11.8. The number of sulfone groups is 1. The van der Waals surface area contributed by atoms with Crippen LogP contribution in [0.5, 0.6) is 0 Å². The lowest BCUT2D eigenvalue weighted by atomic mass is 10.1. The quantitative estimate of drug-likeness (QED) is 0.723. The van der Waals surface area contributed by atoms with Crippen molar-refractivity contribution in [2.45, 2.75) is 31.7 Å². The Kier molecular flexibility index (Phi) is 5.13. The highest BCUT2D eigenvalue weighted by molar-refractivity contribution is 7.91. The fourth-order valence-electron chi connectivity index (χ4n) is 1.65. The number of primary amides is 1. The number of amides is 1. The summed E-state index contributed by atoms with van der Waals surface area (Å²) in [5, 5.41) is 0.751. The summed E-state index contributed by atoms with van der Waals surface area (Å²) in [6, 6.07) is 0.110. The van der Waals surface area contributed by atoms with Crippen LogP contribution in [0.3, 0.4) is 0 Å². The van der Waals surface area contributed by atoms with Crippen LogP contribution < -0.4 is 11.2 Å². The fraction of sp³-hybridized carbons (Fsp3) is 0.500. The molecule has 1 amide bonds. The van der Waals surface area contributed by atoms with Crippen LogP contribution in [-0.2, 0) is 14.6 Å². The van der Waals surface area contributed by atoms with Gasteiger partial charge in [-0.3, -0.25) is 9.80 Å². The second-order valence-electron chi connectivity index (χ2n) is 4.77. The van der Waals surface area contributed by atoms with Gasteiger partial charge in [0.05, 0.1) is 0 Å². The van der Waals surface area contributed by atoms with Gasteiger partial charge in [-0.25, -0.2) is 13.8 Å². The fourth-order valence-corrected chi connectivity index (χ4v) is 2.60. The number of nitrogens with two attached hydrogens (primary N) is 1. The summed E-state index contributed by atoms with van der Waals surface area (Å²) in [7, 11) is -3.29. The number of rotatable bonds is 6. The topological polar surface area (TPSA) is 92.5 Å². The van der Waals surface area contributed by atoms with Crippen LogP contribution in [0, 0.1) is 6.42 Å². The molecule has 0 spiro atoms. The third-order valence-corrected chi connectivity index (χ3v) is 3.66. The van der Waals surface area contributed by atoms with Gasteiger partial charge in [0.1, 0.15) is 0 Å². The van der Waals surface area contributed by atoms with Gasteiger partial charge in [0.25, 0.3) is 0 Å². The van der Waals surface area contributed by atoms with E-state index in [4.69, 9.17) is 5.73 Å². The molecule has 0 aliphatic carbocycles. The van der Waals surface area contributed by atoms with E-state index in [1.807, 2.05) is 13.8 Å². The molecule has 7 heteroatoms. The zero-order valence-corrected chi connectivity index (χ0v) is 12.1. The van der Waals surface area contributed by atoms with E-state index in [9.17, 15) is 13.2 Å². The predicted octanol–water partition coefficient (Wildman–Crippen LogP) is 0.105. The van der Waals surface area contributed by atoms with E-state index >= 15 is 0 Å². The Morgan fingerprint density at radius 2 is 2.21 bits per heavy atom. The lowest BCUT2D eigenvalue weighted by molar-refractivity contribution is -0.117. The van der Waals surface area contributed by atoms with E-state index in [1.165, 1.54) is 6.26 Å². The average molecular weight is 286 g/mol. The van der Waals surface area contributed by atoms with Gasteiger partial charge >= 0.3 is 0 Å². The largest absolute Gasteiger partial charge is 0.370 e. The molecule has 1 atom stereocenters. The molecule has 1 rings (SSSR count). The van der Waals surface area contributed by atoms with Crippen molar-refractivity contribution in [1.29, 1.82) is 0 Å². The highest BCUT2D eigenvalue weighted by Gasteiger charge is 2.27. The molecule has 0 fully saturated rings. The number of carbonyl (C=O) groups excluding carboxylic acids is 1. The number of carbonyl (C=O) groups is 1. The second kappa shape index (κ2) is 6.21. The molecule has 0 aromatic rings. The van der Waals surface area contributed by atoms with Crippen molar-refractivity contribution in [1.82, 2.24) is 10.4 Å². The molecule has 19 heavy (non-hydrogen) atoms. The second-order valence-corrected chi connectivity index (χ2v) is 6.91. The smallest absolute Gasteiger partial charge is 0.218 e. The van der Waals surface area contributed by atoms with E-state index < -0.39 is 21.1 Å². The van der Waals surface area contributed by atoms with Crippen LogP contribution in [0.4, 0.5) is 0 Å². The molecule has 0 aromatic carbocycles. The van der Waals surface area contributed by atoms with Gasteiger partial charge < -0.3 is 5.73 Å². The Balaban J connectivity index is 2.88. The van der Waals surface area contributed by atoms with Gasteiger partial charge in [0.15, 0.2) is 15.2 Å². The van der Waals surface area contributed by atoms with E-state index in [1.54, 1.807) is 29.8 Å².